The molecular formula is C48H30BNOS. The summed E-state index contributed by atoms with van der Waals surface area (Å²) < 4.78 is 6.58. The first-order chi connectivity index (χ1) is 25.8. The zero-order valence-corrected chi connectivity index (χ0v) is 29.0. The molecule has 2 aliphatic rings. The van der Waals surface area contributed by atoms with Gasteiger partial charge in [-0.25, -0.2) is 0 Å². The van der Waals surface area contributed by atoms with Crippen LogP contribution >= 0.6 is 11.8 Å². The van der Waals surface area contributed by atoms with Gasteiger partial charge in [0.2, 0.25) is 6.71 Å². The van der Waals surface area contributed by atoms with Crippen LogP contribution in [0.3, 0.4) is 0 Å². The summed E-state index contributed by atoms with van der Waals surface area (Å²) in [4.78, 5) is 5.17. The zero-order chi connectivity index (χ0) is 34.2. The summed E-state index contributed by atoms with van der Waals surface area (Å²) in [6.07, 6.45) is 0. The van der Waals surface area contributed by atoms with Gasteiger partial charge in [0.1, 0.15) is 11.2 Å². The number of nitrogens with zero attached hydrogens (tertiary/aromatic N) is 1. The third kappa shape index (κ3) is 4.41. The number of anilines is 3. The molecule has 0 spiro atoms. The Kier molecular flexibility index (Phi) is 6.62. The summed E-state index contributed by atoms with van der Waals surface area (Å²) in [6, 6.07) is 66.2. The molecule has 8 aromatic carbocycles. The van der Waals surface area contributed by atoms with Crippen molar-refractivity contribution in [3.8, 4) is 33.4 Å². The Balaban J connectivity index is 1.23. The highest BCUT2D eigenvalue weighted by atomic mass is 32.2. The molecule has 0 amide bonds. The van der Waals surface area contributed by atoms with Gasteiger partial charge in [-0.3, -0.25) is 0 Å². The van der Waals surface area contributed by atoms with Crippen molar-refractivity contribution in [2.45, 2.75) is 9.79 Å². The number of hydrogen-bond donors (Lipinski definition) is 0. The zero-order valence-electron chi connectivity index (χ0n) is 28.2. The molecule has 1 aromatic heterocycles. The van der Waals surface area contributed by atoms with E-state index in [1.807, 2.05) is 17.8 Å². The van der Waals surface area contributed by atoms with Crippen molar-refractivity contribution in [1.29, 1.82) is 0 Å². The molecule has 0 N–H and O–H groups in total. The predicted octanol–water partition coefficient (Wildman–Crippen LogP) is 11.4. The number of fused-ring (bicyclic) bond motifs is 7. The Morgan fingerprint density at radius 2 is 1.08 bits per heavy atom. The highest BCUT2D eigenvalue weighted by Crippen LogP contribution is 2.49. The fourth-order valence-electron chi connectivity index (χ4n) is 8.50. The molecule has 11 rings (SSSR count). The second kappa shape index (κ2) is 11.7. The summed E-state index contributed by atoms with van der Waals surface area (Å²) in [5.74, 6) is 0. The third-order valence-corrected chi connectivity index (χ3v) is 11.9. The number of furan rings is 1. The van der Waals surface area contributed by atoms with E-state index in [9.17, 15) is 0 Å². The molecule has 9 aromatic rings. The monoisotopic (exact) mass is 679 g/mol. The molecule has 242 valence electrons. The van der Waals surface area contributed by atoms with Gasteiger partial charge < -0.3 is 9.32 Å². The summed E-state index contributed by atoms with van der Waals surface area (Å²) in [7, 11) is 0. The lowest BCUT2D eigenvalue weighted by Gasteiger charge is -2.41. The van der Waals surface area contributed by atoms with E-state index in [0.29, 0.717) is 0 Å². The molecule has 3 heterocycles. The molecule has 52 heavy (non-hydrogen) atoms. The standard InChI is InChI=1S/C48H30BNOS/c1-3-14-31(15-4-1)34-19-11-20-35(32-16-5-2-6-17-32)47(34)50-41-29-28-33(36-21-12-22-38-37-18-7-9-25-43(37)51-48(36)38)30-40(41)49-39-23-8-10-26-44(39)52-45-27-13-24-42(50)46(45)49/h1-30H. The van der Waals surface area contributed by atoms with Gasteiger partial charge in [0.15, 0.2) is 0 Å². The first-order valence-corrected chi connectivity index (χ1v) is 18.6. The van der Waals surface area contributed by atoms with Crippen LogP contribution in [0.2, 0.25) is 0 Å². The van der Waals surface area contributed by atoms with E-state index in [0.717, 1.165) is 33.1 Å². The quantitative estimate of drug-likeness (QED) is 0.172. The van der Waals surface area contributed by atoms with E-state index in [1.165, 1.54) is 65.5 Å². The van der Waals surface area contributed by atoms with Crippen LogP contribution in [0.25, 0.3) is 55.3 Å². The average Bonchev–Trinajstić information content (AvgIpc) is 3.60. The van der Waals surface area contributed by atoms with Crippen LogP contribution in [-0.4, -0.2) is 6.71 Å². The van der Waals surface area contributed by atoms with Crippen molar-refractivity contribution in [3.05, 3.63) is 182 Å². The lowest BCUT2D eigenvalue weighted by molar-refractivity contribution is 0.670. The molecule has 0 saturated heterocycles. The van der Waals surface area contributed by atoms with Crippen LogP contribution in [-0.2, 0) is 0 Å². The first kappa shape index (κ1) is 29.5. The second-order valence-corrected chi connectivity index (χ2v) is 14.7. The third-order valence-electron chi connectivity index (χ3n) is 10.7. The minimum atomic E-state index is 0.0776. The fourth-order valence-corrected chi connectivity index (χ4v) is 9.67. The highest BCUT2D eigenvalue weighted by molar-refractivity contribution is 8.00. The van der Waals surface area contributed by atoms with Crippen molar-refractivity contribution in [3.63, 3.8) is 0 Å². The van der Waals surface area contributed by atoms with Gasteiger partial charge >= 0.3 is 0 Å². The molecular weight excluding hydrogens is 649 g/mol. The van der Waals surface area contributed by atoms with Crippen LogP contribution in [0.15, 0.2) is 196 Å². The Morgan fingerprint density at radius 3 is 1.88 bits per heavy atom. The lowest BCUT2D eigenvalue weighted by Crippen LogP contribution is -2.59. The molecule has 2 nitrogen and oxygen atoms in total. The van der Waals surface area contributed by atoms with Gasteiger partial charge in [-0.2, -0.15) is 0 Å². The Labute approximate surface area is 307 Å². The molecule has 0 aliphatic carbocycles. The SMILES string of the molecule is c1ccc(-c2cccc(-c3ccccc3)c2N2c3ccc(-c4cccc5c4oc4ccccc45)cc3B3c4ccccc4Sc4cccc2c43)cc1. The van der Waals surface area contributed by atoms with Crippen LogP contribution in [0.5, 0.6) is 0 Å². The van der Waals surface area contributed by atoms with Gasteiger partial charge in [0.25, 0.3) is 0 Å². The molecule has 2 aliphatic heterocycles. The van der Waals surface area contributed by atoms with Gasteiger partial charge in [0, 0.05) is 48.6 Å². The normalized spacial score (nSPS) is 12.8. The Bertz CT molecular complexity index is 2790. The van der Waals surface area contributed by atoms with E-state index < -0.39 is 0 Å². The van der Waals surface area contributed by atoms with Gasteiger partial charge in [-0.1, -0.05) is 169 Å². The Morgan fingerprint density at radius 1 is 0.442 bits per heavy atom. The van der Waals surface area contributed by atoms with Crippen molar-refractivity contribution in [2.24, 2.45) is 0 Å². The van der Waals surface area contributed by atoms with E-state index in [4.69, 9.17) is 4.42 Å². The van der Waals surface area contributed by atoms with Gasteiger partial charge in [-0.05, 0) is 57.9 Å². The summed E-state index contributed by atoms with van der Waals surface area (Å²) in [5, 5.41) is 2.29. The van der Waals surface area contributed by atoms with Crippen LogP contribution in [0, 0.1) is 0 Å². The van der Waals surface area contributed by atoms with E-state index in [-0.39, 0.29) is 6.71 Å². The van der Waals surface area contributed by atoms with Crippen LogP contribution in [0.4, 0.5) is 17.1 Å². The first-order valence-electron chi connectivity index (χ1n) is 17.8. The smallest absolute Gasteiger partial charge is 0.249 e. The summed E-state index contributed by atoms with van der Waals surface area (Å²) >= 11 is 1.89. The minimum Gasteiger partial charge on any atom is -0.455 e. The van der Waals surface area contributed by atoms with Gasteiger partial charge in [0.05, 0.1) is 5.69 Å². The highest BCUT2D eigenvalue weighted by Gasteiger charge is 2.41. The van der Waals surface area contributed by atoms with E-state index in [1.54, 1.807) is 0 Å². The second-order valence-electron chi connectivity index (χ2n) is 13.6. The molecule has 0 bridgehead atoms. The molecule has 0 unspecified atom stereocenters. The summed E-state index contributed by atoms with van der Waals surface area (Å²) in [6.45, 7) is 0.0776. The van der Waals surface area contributed by atoms with Crippen molar-refractivity contribution < 1.29 is 4.42 Å². The average molecular weight is 680 g/mol. The van der Waals surface area contributed by atoms with Crippen molar-refractivity contribution >= 4 is 73.9 Å². The number of rotatable bonds is 4. The van der Waals surface area contributed by atoms with Crippen LogP contribution in [0.1, 0.15) is 0 Å². The maximum Gasteiger partial charge on any atom is 0.249 e. The molecule has 4 heteroatoms. The number of benzene rings is 8. The predicted molar refractivity (Wildman–Crippen MR) is 220 cm³/mol. The van der Waals surface area contributed by atoms with Gasteiger partial charge in [-0.15, -0.1) is 0 Å². The molecule has 0 atom stereocenters. The summed E-state index contributed by atoms with van der Waals surface area (Å²) in [5.41, 5.74) is 16.5. The topological polar surface area (TPSA) is 16.4 Å². The maximum atomic E-state index is 6.58. The molecule has 0 fully saturated rings. The van der Waals surface area contributed by atoms with E-state index >= 15 is 0 Å². The van der Waals surface area contributed by atoms with Crippen molar-refractivity contribution in [1.82, 2.24) is 0 Å². The number of hydrogen-bond acceptors (Lipinski definition) is 3. The molecule has 0 radical (unpaired) electrons. The molecule has 0 saturated carbocycles. The maximum absolute atomic E-state index is 6.58. The Hall–Kier alpha value is -6.23. The fraction of sp³-hybridized carbons (Fsp3) is 0. The van der Waals surface area contributed by atoms with E-state index in [2.05, 4.69) is 181 Å². The minimum absolute atomic E-state index is 0.0776. The number of para-hydroxylation sites is 3. The van der Waals surface area contributed by atoms with Crippen LogP contribution < -0.4 is 21.3 Å². The lowest BCUT2D eigenvalue weighted by atomic mass is 9.34. The van der Waals surface area contributed by atoms with Crippen molar-refractivity contribution in [2.75, 3.05) is 4.90 Å². The largest absolute Gasteiger partial charge is 0.455 e.